The molecular weight excluding hydrogens is 989 g/mol. The van der Waals surface area contributed by atoms with Crippen molar-refractivity contribution in [3.05, 3.63) is 328 Å². The molecular formula is C80H54N2. The SMILES string of the molecule is c1ccc(-c2ccc(-c3c4ccccc4c(-c4cccc(N(c5ccccc5)c5ccc(-n6c7ccc(-c8ccccc8-c8ccccc8)cc7c7cc(-c8ccccc8-c8ccccc8)ccc76)cc5)c4)c4ccccc34)cc2)cc1. The van der Waals surface area contributed by atoms with Gasteiger partial charge in [0.15, 0.2) is 0 Å². The second-order valence-corrected chi connectivity index (χ2v) is 21.1. The summed E-state index contributed by atoms with van der Waals surface area (Å²) in [7, 11) is 0. The molecule has 0 aliphatic heterocycles. The van der Waals surface area contributed by atoms with Gasteiger partial charge in [-0.25, -0.2) is 0 Å². The molecule has 0 saturated heterocycles. The Kier molecular flexibility index (Phi) is 12.2. The van der Waals surface area contributed by atoms with E-state index in [1.165, 1.54) is 105 Å². The molecule has 2 nitrogen and oxygen atoms in total. The number of hydrogen-bond acceptors (Lipinski definition) is 1. The summed E-state index contributed by atoms with van der Waals surface area (Å²) >= 11 is 0. The minimum atomic E-state index is 1.07. The van der Waals surface area contributed by atoms with Crippen LogP contribution in [0, 0.1) is 0 Å². The number of para-hydroxylation sites is 1. The van der Waals surface area contributed by atoms with E-state index in [1.54, 1.807) is 0 Å². The van der Waals surface area contributed by atoms with E-state index in [9.17, 15) is 0 Å². The van der Waals surface area contributed by atoms with Gasteiger partial charge in [-0.3, -0.25) is 0 Å². The summed E-state index contributed by atoms with van der Waals surface area (Å²) in [5.41, 5.74) is 23.5. The lowest BCUT2D eigenvalue weighted by Crippen LogP contribution is -2.10. The Morgan fingerprint density at radius 2 is 0.537 bits per heavy atom. The quantitative estimate of drug-likeness (QED) is 0.117. The maximum Gasteiger partial charge on any atom is 0.0541 e. The van der Waals surface area contributed by atoms with E-state index in [0.29, 0.717) is 0 Å². The van der Waals surface area contributed by atoms with Crippen LogP contribution in [-0.4, -0.2) is 4.57 Å². The Morgan fingerprint density at radius 3 is 1.02 bits per heavy atom. The second-order valence-electron chi connectivity index (χ2n) is 21.1. The van der Waals surface area contributed by atoms with Gasteiger partial charge in [-0.05, 0) is 172 Å². The van der Waals surface area contributed by atoms with E-state index >= 15 is 0 Å². The third-order valence-corrected chi connectivity index (χ3v) is 16.4. The van der Waals surface area contributed by atoms with Gasteiger partial charge < -0.3 is 9.47 Å². The summed E-state index contributed by atoms with van der Waals surface area (Å²) in [5, 5.41) is 7.32. The number of nitrogens with zero attached hydrogens (tertiary/aromatic N) is 2. The van der Waals surface area contributed by atoms with E-state index < -0.39 is 0 Å². The lowest BCUT2D eigenvalue weighted by molar-refractivity contribution is 1.17. The van der Waals surface area contributed by atoms with Gasteiger partial charge >= 0.3 is 0 Å². The van der Waals surface area contributed by atoms with Crippen LogP contribution in [0.2, 0.25) is 0 Å². The average Bonchev–Trinajstić information content (AvgIpc) is 4.07. The molecule has 0 amide bonds. The summed E-state index contributed by atoms with van der Waals surface area (Å²) in [6.45, 7) is 0. The molecule has 0 aliphatic carbocycles. The molecule has 2 heteroatoms. The van der Waals surface area contributed by atoms with Gasteiger partial charge in [0.25, 0.3) is 0 Å². The minimum Gasteiger partial charge on any atom is -0.310 e. The van der Waals surface area contributed by atoms with Gasteiger partial charge in [0, 0.05) is 33.5 Å². The fourth-order valence-corrected chi connectivity index (χ4v) is 12.6. The highest BCUT2D eigenvalue weighted by molar-refractivity contribution is 6.21. The Hall–Kier alpha value is -10.8. The zero-order chi connectivity index (χ0) is 54.3. The molecule has 14 aromatic carbocycles. The van der Waals surface area contributed by atoms with Crippen molar-refractivity contribution in [2.45, 2.75) is 0 Å². The zero-order valence-corrected chi connectivity index (χ0v) is 45.1. The second kappa shape index (κ2) is 20.8. The van der Waals surface area contributed by atoms with Gasteiger partial charge in [-0.2, -0.15) is 0 Å². The third kappa shape index (κ3) is 8.62. The molecule has 0 bridgehead atoms. The highest BCUT2D eigenvalue weighted by Gasteiger charge is 2.21. The predicted octanol–water partition coefficient (Wildman–Crippen LogP) is 22.2. The minimum absolute atomic E-state index is 1.07. The van der Waals surface area contributed by atoms with E-state index in [1.807, 2.05) is 0 Å². The van der Waals surface area contributed by atoms with Gasteiger partial charge in [-0.1, -0.05) is 255 Å². The molecule has 1 aromatic heterocycles. The maximum absolute atomic E-state index is 2.44. The molecule has 82 heavy (non-hydrogen) atoms. The molecule has 384 valence electrons. The predicted molar refractivity (Wildman–Crippen MR) is 349 cm³/mol. The van der Waals surface area contributed by atoms with Crippen molar-refractivity contribution in [1.29, 1.82) is 0 Å². The van der Waals surface area contributed by atoms with E-state index in [2.05, 4.69) is 337 Å². The summed E-state index contributed by atoms with van der Waals surface area (Å²) in [6, 6.07) is 120. The number of aromatic nitrogens is 1. The molecule has 0 N–H and O–H groups in total. The largest absolute Gasteiger partial charge is 0.310 e. The molecule has 0 unspecified atom stereocenters. The Balaban J connectivity index is 0.856. The van der Waals surface area contributed by atoms with Crippen LogP contribution in [0.4, 0.5) is 17.1 Å². The highest BCUT2D eigenvalue weighted by Crippen LogP contribution is 2.47. The van der Waals surface area contributed by atoms with Gasteiger partial charge in [0.1, 0.15) is 0 Å². The molecule has 0 atom stereocenters. The van der Waals surface area contributed by atoms with Gasteiger partial charge in [0.2, 0.25) is 0 Å². The molecule has 1 heterocycles. The van der Waals surface area contributed by atoms with Crippen molar-refractivity contribution in [3.63, 3.8) is 0 Å². The lowest BCUT2D eigenvalue weighted by atomic mass is 9.85. The summed E-state index contributed by atoms with van der Waals surface area (Å²) in [4.78, 5) is 2.39. The van der Waals surface area contributed by atoms with Crippen LogP contribution in [0.3, 0.4) is 0 Å². The molecule has 0 saturated carbocycles. The lowest BCUT2D eigenvalue weighted by Gasteiger charge is -2.26. The number of anilines is 3. The normalized spacial score (nSPS) is 11.4. The molecule has 0 spiro atoms. The van der Waals surface area contributed by atoms with Crippen LogP contribution < -0.4 is 4.90 Å². The van der Waals surface area contributed by atoms with Crippen LogP contribution in [0.5, 0.6) is 0 Å². The van der Waals surface area contributed by atoms with Crippen molar-refractivity contribution >= 4 is 60.4 Å². The Labute approximate surface area is 478 Å². The average molecular weight is 1040 g/mol. The number of fused-ring (bicyclic) bond motifs is 5. The Bertz CT molecular complexity index is 4610. The van der Waals surface area contributed by atoms with Gasteiger partial charge in [-0.15, -0.1) is 0 Å². The first-order valence-corrected chi connectivity index (χ1v) is 28.2. The fraction of sp³-hybridized carbons (Fsp3) is 0. The van der Waals surface area contributed by atoms with Crippen molar-refractivity contribution < 1.29 is 0 Å². The van der Waals surface area contributed by atoms with Crippen molar-refractivity contribution in [2.75, 3.05) is 4.90 Å². The van der Waals surface area contributed by atoms with Crippen LogP contribution in [0.1, 0.15) is 0 Å². The first kappa shape index (κ1) is 48.3. The maximum atomic E-state index is 2.44. The number of rotatable bonds is 11. The molecule has 15 aromatic rings. The Morgan fingerprint density at radius 1 is 0.195 bits per heavy atom. The summed E-state index contributed by atoms with van der Waals surface area (Å²) in [5.74, 6) is 0. The van der Waals surface area contributed by atoms with Crippen LogP contribution in [-0.2, 0) is 0 Å². The molecule has 0 radical (unpaired) electrons. The van der Waals surface area contributed by atoms with Crippen LogP contribution in [0.15, 0.2) is 328 Å². The van der Waals surface area contributed by atoms with Crippen molar-refractivity contribution in [1.82, 2.24) is 4.57 Å². The molecule has 15 rings (SSSR count). The monoisotopic (exact) mass is 1040 g/mol. The molecule has 0 fully saturated rings. The number of hydrogen-bond donors (Lipinski definition) is 0. The first-order valence-electron chi connectivity index (χ1n) is 28.2. The van der Waals surface area contributed by atoms with E-state index in [4.69, 9.17) is 0 Å². The van der Waals surface area contributed by atoms with Crippen LogP contribution >= 0.6 is 0 Å². The van der Waals surface area contributed by atoms with Crippen molar-refractivity contribution in [2.24, 2.45) is 0 Å². The third-order valence-electron chi connectivity index (χ3n) is 16.4. The summed E-state index contributed by atoms with van der Waals surface area (Å²) in [6.07, 6.45) is 0. The summed E-state index contributed by atoms with van der Waals surface area (Å²) < 4.78 is 2.44. The van der Waals surface area contributed by atoms with Gasteiger partial charge in [0.05, 0.1) is 11.0 Å². The highest BCUT2D eigenvalue weighted by atomic mass is 15.1. The van der Waals surface area contributed by atoms with Crippen molar-refractivity contribution in [3.8, 4) is 83.6 Å². The first-order chi connectivity index (χ1) is 40.7. The van der Waals surface area contributed by atoms with E-state index in [-0.39, 0.29) is 0 Å². The van der Waals surface area contributed by atoms with E-state index in [0.717, 1.165) is 39.3 Å². The zero-order valence-electron chi connectivity index (χ0n) is 45.1. The fourth-order valence-electron chi connectivity index (χ4n) is 12.6. The topological polar surface area (TPSA) is 8.17 Å². The standard InChI is InChI=1S/C80H54N2/c1-5-22-55(23-6-1)56-40-42-59(43-41-56)79-71-36-17-19-38-73(71)80(74-39-20-18-37-72(74)79)62-28-21-31-66(52-62)81(63-29-11-4-12-30-63)64-46-48-65(49-47-64)82-77-50-44-60(69-34-15-13-32-67(69)57-24-7-2-8-25-57)53-75(77)76-54-61(45-51-78(76)82)70-35-16-14-33-68(70)58-26-9-3-10-27-58/h1-54H. The number of benzene rings is 14. The molecule has 0 aliphatic rings. The van der Waals surface area contributed by atoms with Crippen LogP contribution in [0.25, 0.3) is 127 Å². The smallest absolute Gasteiger partial charge is 0.0541 e.